The summed E-state index contributed by atoms with van der Waals surface area (Å²) in [6.45, 7) is 1.28. The molecular weight excluding hydrogens is 298 g/mol. The monoisotopic (exact) mass is 313 g/mol. The van der Waals surface area contributed by atoms with Crippen molar-refractivity contribution in [1.82, 2.24) is 14.8 Å². The van der Waals surface area contributed by atoms with E-state index in [9.17, 15) is 5.11 Å². The average molecular weight is 314 g/mol. The van der Waals surface area contributed by atoms with Crippen molar-refractivity contribution >= 4 is 23.4 Å². The molecule has 108 valence electrons. The van der Waals surface area contributed by atoms with Gasteiger partial charge in [0.15, 0.2) is 5.16 Å². The molecule has 0 bridgehead atoms. The summed E-state index contributed by atoms with van der Waals surface area (Å²) >= 11 is 7.50. The molecule has 20 heavy (non-hydrogen) atoms. The molecule has 1 unspecified atom stereocenters. The Morgan fingerprint density at radius 1 is 1.45 bits per heavy atom. The van der Waals surface area contributed by atoms with Crippen LogP contribution < -0.4 is 0 Å². The molecule has 0 aliphatic carbocycles. The Hall–Kier alpha value is -1.08. The number of aliphatic hydroxyl groups excluding tert-OH is 1. The second kappa shape index (κ2) is 7.64. The van der Waals surface area contributed by atoms with Crippen LogP contribution >= 0.6 is 23.4 Å². The maximum Gasteiger partial charge on any atom is 0.191 e. The number of rotatable bonds is 7. The summed E-state index contributed by atoms with van der Waals surface area (Å²) in [5.41, 5.74) is 0.727. The molecule has 0 aliphatic heterocycles. The minimum absolute atomic E-state index is 0.468. The highest BCUT2D eigenvalue weighted by Crippen LogP contribution is 2.27. The maximum atomic E-state index is 10.2. The van der Waals surface area contributed by atoms with E-state index < -0.39 is 6.10 Å². The summed E-state index contributed by atoms with van der Waals surface area (Å²) < 4.78 is 6.92. The van der Waals surface area contributed by atoms with Crippen molar-refractivity contribution in [3.8, 4) is 0 Å². The smallest absolute Gasteiger partial charge is 0.191 e. The Morgan fingerprint density at radius 3 is 3.00 bits per heavy atom. The average Bonchev–Trinajstić information content (AvgIpc) is 2.90. The Labute approximate surface area is 126 Å². The van der Waals surface area contributed by atoms with E-state index in [2.05, 4.69) is 10.2 Å². The number of hydrogen-bond acceptors (Lipinski definition) is 5. The summed E-state index contributed by atoms with van der Waals surface area (Å²) in [5.74, 6) is 0.468. The van der Waals surface area contributed by atoms with Crippen LogP contribution in [0.4, 0.5) is 0 Å². The molecule has 0 radical (unpaired) electrons. The van der Waals surface area contributed by atoms with Gasteiger partial charge in [-0.05, 0) is 11.6 Å². The first-order valence-electron chi connectivity index (χ1n) is 6.14. The van der Waals surface area contributed by atoms with Gasteiger partial charge in [0.2, 0.25) is 0 Å². The van der Waals surface area contributed by atoms with Gasteiger partial charge < -0.3 is 14.4 Å². The van der Waals surface area contributed by atoms with E-state index in [1.165, 1.54) is 11.8 Å². The van der Waals surface area contributed by atoms with Crippen LogP contribution in [0.1, 0.15) is 11.7 Å². The Balaban J connectivity index is 1.95. The minimum atomic E-state index is -0.638. The number of methoxy groups -OCH3 is 1. The number of thioether (sulfide) groups is 1. The molecule has 5 nitrogen and oxygen atoms in total. The molecule has 1 atom stereocenters. The quantitative estimate of drug-likeness (QED) is 0.795. The van der Waals surface area contributed by atoms with Gasteiger partial charge >= 0.3 is 0 Å². The van der Waals surface area contributed by atoms with Gasteiger partial charge in [-0.15, -0.1) is 10.2 Å². The van der Waals surface area contributed by atoms with E-state index in [0.29, 0.717) is 23.9 Å². The van der Waals surface area contributed by atoms with Crippen molar-refractivity contribution in [2.45, 2.75) is 17.8 Å². The first kappa shape index (κ1) is 15.3. The van der Waals surface area contributed by atoms with Crippen LogP contribution in [0.3, 0.4) is 0 Å². The summed E-state index contributed by atoms with van der Waals surface area (Å²) in [6.07, 6.45) is 1.02. The highest BCUT2D eigenvalue weighted by atomic mass is 35.5. The largest absolute Gasteiger partial charge is 0.387 e. The highest BCUT2D eigenvalue weighted by molar-refractivity contribution is 7.99. The van der Waals surface area contributed by atoms with Crippen LogP contribution in [-0.2, 0) is 11.3 Å². The summed E-state index contributed by atoms with van der Waals surface area (Å²) in [5, 5.41) is 19.4. The van der Waals surface area contributed by atoms with Gasteiger partial charge in [-0.1, -0.05) is 41.6 Å². The molecule has 1 aromatic carbocycles. The SMILES string of the molecule is COCCn1cnnc1SCC(O)c1ccccc1Cl. The van der Waals surface area contributed by atoms with Gasteiger partial charge in [-0.3, -0.25) is 0 Å². The number of hydrogen-bond donors (Lipinski definition) is 1. The third kappa shape index (κ3) is 3.96. The van der Waals surface area contributed by atoms with Crippen LogP contribution in [0.15, 0.2) is 35.7 Å². The van der Waals surface area contributed by atoms with E-state index in [-0.39, 0.29) is 0 Å². The zero-order valence-corrected chi connectivity index (χ0v) is 12.6. The van der Waals surface area contributed by atoms with Crippen molar-refractivity contribution in [1.29, 1.82) is 0 Å². The Morgan fingerprint density at radius 2 is 2.25 bits per heavy atom. The van der Waals surface area contributed by atoms with Crippen LogP contribution in [0.2, 0.25) is 5.02 Å². The fourth-order valence-electron chi connectivity index (χ4n) is 1.69. The van der Waals surface area contributed by atoms with Crippen LogP contribution in [0, 0.1) is 0 Å². The summed E-state index contributed by atoms with van der Waals surface area (Å²) in [4.78, 5) is 0. The number of halogens is 1. The fourth-order valence-corrected chi connectivity index (χ4v) is 2.85. The maximum absolute atomic E-state index is 10.2. The van der Waals surface area contributed by atoms with Crippen molar-refractivity contribution in [2.75, 3.05) is 19.5 Å². The Bertz CT molecular complexity index is 550. The second-order valence-corrected chi connectivity index (χ2v) is 5.54. The highest BCUT2D eigenvalue weighted by Gasteiger charge is 2.13. The molecule has 1 N–H and O–H groups in total. The van der Waals surface area contributed by atoms with Crippen molar-refractivity contribution in [3.63, 3.8) is 0 Å². The van der Waals surface area contributed by atoms with Gasteiger partial charge in [0.25, 0.3) is 0 Å². The van der Waals surface area contributed by atoms with E-state index >= 15 is 0 Å². The second-order valence-electron chi connectivity index (χ2n) is 4.15. The third-order valence-corrected chi connectivity index (χ3v) is 4.15. The normalized spacial score (nSPS) is 12.6. The summed E-state index contributed by atoms with van der Waals surface area (Å²) in [6, 6.07) is 7.29. The van der Waals surface area contributed by atoms with Crippen molar-refractivity contribution in [2.24, 2.45) is 0 Å². The Kier molecular flexibility index (Phi) is 5.85. The molecule has 0 aliphatic rings. The molecule has 1 aromatic heterocycles. The minimum Gasteiger partial charge on any atom is -0.387 e. The first-order chi connectivity index (χ1) is 9.72. The predicted octanol–water partition coefficient (Wildman–Crippen LogP) is 2.40. The zero-order chi connectivity index (χ0) is 14.4. The summed E-state index contributed by atoms with van der Waals surface area (Å²) in [7, 11) is 1.65. The standard InChI is InChI=1S/C13H16ClN3O2S/c1-19-7-6-17-9-15-16-13(17)20-8-12(18)10-4-2-3-5-11(10)14/h2-5,9,12,18H,6-8H2,1H3. The lowest BCUT2D eigenvalue weighted by atomic mass is 10.1. The molecule has 2 rings (SSSR count). The van der Waals surface area contributed by atoms with E-state index in [1.807, 2.05) is 22.8 Å². The van der Waals surface area contributed by atoms with Gasteiger partial charge in [0.1, 0.15) is 6.33 Å². The third-order valence-electron chi connectivity index (χ3n) is 2.75. The van der Waals surface area contributed by atoms with E-state index in [1.54, 1.807) is 19.5 Å². The predicted molar refractivity (Wildman–Crippen MR) is 79.0 cm³/mol. The van der Waals surface area contributed by atoms with Crippen LogP contribution in [0.25, 0.3) is 0 Å². The molecule has 1 heterocycles. The van der Waals surface area contributed by atoms with E-state index in [4.69, 9.17) is 16.3 Å². The van der Waals surface area contributed by atoms with Gasteiger partial charge in [-0.25, -0.2) is 0 Å². The number of nitrogens with zero attached hydrogens (tertiary/aromatic N) is 3. The van der Waals surface area contributed by atoms with Gasteiger partial charge in [0, 0.05) is 24.4 Å². The number of benzene rings is 1. The molecule has 2 aromatic rings. The molecular formula is C13H16ClN3O2S. The lowest BCUT2D eigenvalue weighted by Crippen LogP contribution is -2.06. The number of aromatic nitrogens is 3. The lowest BCUT2D eigenvalue weighted by Gasteiger charge is -2.12. The molecule has 0 saturated carbocycles. The van der Waals surface area contributed by atoms with Crippen LogP contribution in [-0.4, -0.2) is 39.3 Å². The first-order valence-corrected chi connectivity index (χ1v) is 7.50. The van der Waals surface area contributed by atoms with Crippen LogP contribution in [0.5, 0.6) is 0 Å². The topological polar surface area (TPSA) is 60.2 Å². The number of ether oxygens (including phenoxy) is 1. The van der Waals surface area contributed by atoms with E-state index in [0.717, 1.165) is 10.7 Å². The van der Waals surface area contributed by atoms with Crippen molar-refractivity contribution in [3.05, 3.63) is 41.2 Å². The molecule has 0 fully saturated rings. The molecule has 0 saturated heterocycles. The lowest BCUT2D eigenvalue weighted by molar-refractivity contribution is 0.184. The number of aliphatic hydroxyl groups is 1. The fraction of sp³-hybridized carbons (Fsp3) is 0.385. The van der Waals surface area contributed by atoms with Gasteiger partial charge in [0.05, 0.1) is 12.7 Å². The molecule has 7 heteroatoms. The zero-order valence-electron chi connectivity index (χ0n) is 11.1. The molecule has 0 spiro atoms. The van der Waals surface area contributed by atoms with Gasteiger partial charge in [-0.2, -0.15) is 0 Å². The molecule has 0 amide bonds. The van der Waals surface area contributed by atoms with Crippen molar-refractivity contribution < 1.29 is 9.84 Å².